The highest BCUT2D eigenvalue weighted by atomic mass is 16.5. The molecule has 0 aliphatic heterocycles. The van der Waals surface area contributed by atoms with E-state index in [9.17, 15) is 9.90 Å². The highest BCUT2D eigenvalue weighted by Crippen LogP contribution is 2.26. The summed E-state index contributed by atoms with van der Waals surface area (Å²) in [5.74, 6) is -0.900. The monoisotopic (exact) mass is 216 g/mol. The number of carbonyl (C=O) groups is 1. The van der Waals surface area contributed by atoms with Gasteiger partial charge in [0.05, 0.1) is 24.2 Å². The molecule has 88 valence electrons. The third-order valence-corrected chi connectivity index (χ3v) is 2.70. The molecule has 2 N–H and O–H groups in total. The number of hydrogen-bond donors (Lipinski definition) is 2. The second-order valence-electron chi connectivity index (χ2n) is 4.94. The van der Waals surface area contributed by atoms with Crippen LogP contribution < -0.4 is 0 Å². The lowest BCUT2D eigenvalue weighted by Crippen LogP contribution is -2.32. The second-order valence-corrected chi connectivity index (χ2v) is 4.94. The average Bonchev–Trinajstić information content (AvgIpc) is 2.14. The van der Waals surface area contributed by atoms with Crippen molar-refractivity contribution in [3.8, 4) is 0 Å². The quantitative estimate of drug-likeness (QED) is 0.745. The van der Waals surface area contributed by atoms with Crippen LogP contribution in [0.25, 0.3) is 0 Å². The van der Waals surface area contributed by atoms with Gasteiger partial charge in [0, 0.05) is 0 Å². The Morgan fingerprint density at radius 3 is 2.27 bits per heavy atom. The van der Waals surface area contributed by atoms with Crippen LogP contribution in [0.3, 0.4) is 0 Å². The van der Waals surface area contributed by atoms with E-state index in [1.807, 2.05) is 0 Å². The summed E-state index contributed by atoms with van der Waals surface area (Å²) >= 11 is 0. The molecular weight excluding hydrogens is 196 g/mol. The Kier molecular flexibility index (Phi) is 4.11. The number of ether oxygens (including phenoxy) is 1. The van der Waals surface area contributed by atoms with E-state index < -0.39 is 11.6 Å². The molecule has 0 unspecified atom stereocenters. The van der Waals surface area contributed by atoms with Crippen LogP contribution in [0.15, 0.2) is 0 Å². The second kappa shape index (κ2) is 4.94. The molecule has 0 aromatic heterocycles. The number of rotatable bonds is 4. The molecule has 0 spiro atoms. The standard InChI is InChI=1S/C11H20O4/c1-11(2,14)7-15-9-5-3-8(4-6-9)10(12)13/h8-9,14H,3-7H2,1-2H3,(H,12,13). The van der Waals surface area contributed by atoms with E-state index in [0.29, 0.717) is 19.4 Å². The van der Waals surface area contributed by atoms with Gasteiger partial charge in [0.15, 0.2) is 0 Å². The maximum Gasteiger partial charge on any atom is 0.306 e. The van der Waals surface area contributed by atoms with Crippen molar-refractivity contribution in [2.45, 2.75) is 51.2 Å². The van der Waals surface area contributed by atoms with Crippen molar-refractivity contribution in [3.63, 3.8) is 0 Å². The van der Waals surface area contributed by atoms with Gasteiger partial charge in [-0.05, 0) is 39.5 Å². The molecule has 15 heavy (non-hydrogen) atoms. The molecule has 0 atom stereocenters. The Bertz CT molecular complexity index is 211. The Hall–Kier alpha value is -0.610. The van der Waals surface area contributed by atoms with Gasteiger partial charge in [-0.25, -0.2) is 0 Å². The van der Waals surface area contributed by atoms with Crippen molar-refractivity contribution in [3.05, 3.63) is 0 Å². The molecule has 1 rings (SSSR count). The first-order valence-corrected chi connectivity index (χ1v) is 5.45. The van der Waals surface area contributed by atoms with Crippen molar-refractivity contribution in [2.24, 2.45) is 5.92 Å². The largest absolute Gasteiger partial charge is 0.481 e. The number of aliphatic hydroxyl groups is 1. The molecule has 4 nitrogen and oxygen atoms in total. The molecule has 1 saturated carbocycles. The predicted molar refractivity (Wildman–Crippen MR) is 55.6 cm³/mol. The van der Waals surface area contributed by atoms with Crippen LogP contribution in [-0.4, -0.2) is 34.5 Å². The lowest BCUT2D eigenvalue weighted by molar-refractivity contribution is -0.144. The molecule has 4 heteroatoms. The number of aliphatic carboxylic acids is 1. The van der Waals surface area contributed by atoms with Crippen LogP contribution in [0.2, 0.25) is 0 Å². The zero-order valence-electron chi connectivity index (χ0n) is 9.40. The summed E-state index contributed by atoms with van der Waals surface area (Å²) in [5, 5.41) is 18.3. The van der Waals surface area contributed by atoms with Crippen LogP contribution in [0.4, 0.5) is 0 Å². The van der Waals surface area contributed by atoms with E-state index >= 15 is 0 Å². The van der Waals surface area contributed by atoms with Gasteiger partial charge in [-0.3, -0.25) is 4.79 Å². The van der Waals surface area contributed by atoms with Gasteiger partial charge < -0.3 is 14.9 Å². The Morgan fingerprint density at radius 1 is 1.33 bits per heavy atom. The third-order valence-electron chi connectivity index (χ3n) is 2.70. The molecule has 0 heterocycles. The lowest BCUT2D eigenvalue weighted by Gasteiger charge is -2.28. The summed E-state index contributed by atoms with van der Waals surface area (Å²) < 4.78 is 5.53. The topological polar surface area (TPSA) is 66.8 Å². The first kappa shape index (κ1) is 12.5. The molecule has 1 fully saturated rings. The van der Waals surface area contributed by atoms with Gasteiger partial charge in [0.1, 0.15) is 0 Å². The van der Waals surface area contributed by atoms with Gasteiger partial charge in [-0.1, -0.05) is 0 Å². The first-order chi connectivity index (χ1) is 6.88. The number of hydrogen-bond acceptors (Lipinski definition) is 3. The average molecular weight is 216 g/mol. The van der Waals surface area contributed by atoms with E-state index in [1.54, 1.807) is 13.8 Å². The number of carboxylic acids is 1. The van der Waals surface area contributed by atoms with Crippen LogP contribution in [0, 0.1) is 5.92 Å². The molecule has 1 aliphatic carbocycles. The highest BCUT2D eigenvalue weighted by molar-refractivity contribution is 5.69. The molecule has 0 radical (unpaired) electrons. The van der Waals surface area contributed by atoms with Crippen molar-refractivity contribution < 1.29 is 19.7 Å². The van der Waals surface area contributed by atoms with Crippen molar-refractivity contribution >= 4 is 5.97 Å². The van der Waals surface area contributed by atoms with Gasteiger partial charge in [-0.2, -0.15) is 0 Å². The van der Waals surface area contributed by atoms with Gasteiger partial charge in [0.25, 0.3) is 0 Å². The first-order valence-electron chi connectivity index (χ1n) is 5.45. The predicted octanol–water partition coefficient (Wildman–Crippen LogP) is 1.42. The van der Waals surface area contributed by atoms with Crippen LogP contribution in [-0.2, 0) is 9.53 Å². The van der Waals surface area contributed by atoms with Gasteiger partial charge in [0.2, 0.25) is 0 Å². The molecule has 0 amide bonds. The zero-order chi connectivity index (χ0) is 11.5. The fourth-order valence-corrected chi connectivity index (χ4v) is 1.80. The fraction of sp³-hybridized carbons (Fsp3) is 0.909. The van der Waals surface area contributed by atoms with Crippen LogP contribution in [0.5, 0.6) is 0 Å². The van der Waals surface area contributed by atoms with E-state index in [-0.39, 0.29) is 12.0 Å². The summed E-state index contributed by atoms with van der Waals surface area (Å²) in [6.45, 7) is 3.72. The van der Waals surface area contributed by atoms with Gasteiger partial charge in [-0.15, -0.1) is 0 Å². The normalized spacial score (nSPS) is 27.7. The molecular formula is C11H20O4. The number of carboxylic acid groups (broad SMARTS) is 1. The van der Waals surface area contributed by atoms with E-state index in [4.69, 9.17) is 9.84 Å². The summed E-state index contributed by atoms with van der Waals surface area (Å²) in [6, 6.07) is 0. The highest BCUT2D eigenvalue weighted by Gasteiger charge is 2.27. The van der Waals surface area contributed by atoms with Crippen molar-refractivity contribution in [2.75, 3.05) is 6.61 Å². The van der Waals surface area contributed by atoms with Crippen molar-refractivity contribution in [1.82, 2.24) is 0 Å². The minimum atomic E-state index is -0.802. The Morgan fingerprint density at radius 2 is 1.87 bits per heavy atom. The van der Waals surface area contributed by atoms with E-state index in [2.05, 4.69) is 0 Å². The SMILES string of the molecule is CC(C)(O)COC1CCC(C(=O)O)CC1. The summed E-state index contributed by atoms with van der Waals surface area (Å²) in [5.41, 5.74) is -0.802. The van der Waals surface area contributed by atoms with Crippen LogP contribution in [0.1, 0.15) is 39.5 Å². The zero-order valence-corrected chi connectivity index (χ0v) is 9.40. The smallest absolute Gasteiger partial charge is 0.306 e. The summed E-state index contributed by atoms with van der Waals surface area (Å²) in [6.07, 6.45) is 3.06. The maximum atomic E-state index is 10.7. The van der Waals surface area contributed by atoms with Crippen LogP contribution >= 0.6 is 0 Å². The summed E-state index contributed by atoms with van der Waals surface area (Å²) in [4.78, 5) is 10.7. The van der Waals surface area contributed by atoms with Crippen molar-refractivity contribution in [1.29, 1.82) is 0 Å². The molecule has 0 bridgehead atoms. The van der Waals surface area contributed by atoms with E-state index in [1.165, 1.54) is 0 Å². The molecule has 0 saturated heterocycles. The van der Waals surface area contributed by atoms with Gasteiger partial charge >= 0.3 is 5.97 Å². The minimum Gasteiger partial charge on any atom is -0.481 e. The molecule has 0 aromatic rings. The summed E-state index contributed by atoms with van der Waals surface area (Å²) in [7, 11) is 0. The maximum absolute atomic E-state index is 10.7. The molecule has 0 aromatic carbocycles. The Labute approximate surface area is 90.2 Å². The minimum absolute atomic E-state index is 0.118. The lowest BCUT2D eigenvalue weighted by atomic mass is 9.87. The third kappa shape index (κ3) is 4.62. The fourth-order valence-electron chi connectivity index (χ4n) is 1.80. The Balaban J connectivity index is 2.23. The van der Waals surface area contributed by atoms with E-state index in [0.717, 1.165) is 12.8 Å². The molecule has 1 aliphatic rings.